The lowest BCUT2D eigenvalue weighted by Crippen LogP contribution is -2.15. The Kier molecular flexibility index (Phi) is 7.42. The highest BCUT2D eigenvalue weighted by Gasteiger charge is 2.10. The van der Waals surface area contributed by atoms with E-state index in [-0.39, 0.29) is 5.91 Å². The van der Waals surface area contributed by atoms with Crippen LogP contribution in [0, 0.1) is 5.92 Å². The van der Waals surface area contributed by atoms with Crippen molar-refractivity contribution in [2.24, 2.45) is 11.7 Å². The van der Waals surface area contributed by atoms with Gasteiger partial charge in [0.05, 0.1) is 5.69 Å². The first-order valence-electron chi connectivity index (χ1n) is 6.51. The third-order valence-electron chi connectivity index (χ3n) is 3.14. The monoisotopic (exact) mass is 346 g/mol. The summed E-state index contributed by atoms with van der Waals surface area (Å²) in [4.78, 5) is 11.9. The van der Waals surface area contributed by atoms with Crippen molar-refractivity contribution >= 4 is 39.1 Å². The van der Waals surface area contributed by atoms with Gasteiger partial charge >= 0.3 is 0 Å². The summed E-state index contributed by atoms with van der Waals surface area (Å²) in [5.74, 6) is 0.558. The molecular weight excluding hydrogens is 328 g/mol. The molecule has 0 radical (unpaired) electrons. The second-order valence-electron chi connectivity index (χ2n) is 4.56. The number of hydrogen-bond acceptors (Lipinski definition) is 2. The van der Waals surface area contributed by atoms with Crippen molar-refractivity contribution in [1.82, 2.24) is 0 Å². The van der Waals surface area contributed by atoms with Gasteiger partial charge in [0.1, 0.15) is 0 Å². The number of rotatable bonds is 7. The van der Waals surface area contributed by atoms with Crippen molar-refractivity contribution in [3.05, 3.63) is 27.7 Å². The van der Waals surface area contributed by atoms with Gasteiger partial charge in [0.2, 0.25) is 5.91 Å². The molecule has 0 aromatic heterocycles. The van der Waals surface area contributed by atoms with Gasteiger partial charge in [0.15, 0.2) is 0 Å². The van der Waals surface area contributed by atoms with Crippen molar-refractivity contribution in [2.75, 3.05) is 11.9 Å². The van der Waals surface area contributed by atoms with E-state index < -0.39 is 0 Å². The van der Waals surface area contributed by atoms with E-state index in [4.69, 9.17) is 17.3 Å². The van der Waals surface area contributed by atoms with Crippen LogP contribution < -0.4 is 11.1 Å². The largest absolute Gasteiger partial charge is 0.330 e. The molecular formula is C14H20BrClN2O. The zero-order valence-electron chi connectivity index (χ0n) is 11.1. The topological polar surface area (TPSA) is 55.1 Å². The van der Waals surface area contributed by atoms with Gasteiger partial charge in [-0.25, -0.2) is 0 Å². The maximum atomic E-state index is 11.9. The first kappa shape index (κ1) is 16.5. The van der Waals surface area contributed by atoms with E-state index in [1.807, 2.05) is 0 Å². The highest BCUT2D eigenvalue weighted by molar-refractivity contribution is 9.10. The van der Waals surface area contributed by atoms with Gasteiger partial charge in [-0.1, -0.05) is 24.9 Å². The number of carbonyl (C=O) groups is 1. The molecule has 3 nitrogen and oxygen atoms in total. The fraction of sp³-hybridized carbons (Fsp3) is 0.500. The number of benzene rings is 1. The first-order chi connectivity index (χ1) is 9.06. The van der Waals surface area contributed by atoms with Crippen LogP contribution in [-0.4, -0.2) is 12.5 Å². The van der Waals surface area contributed by atoms with Crippen molar-refractivity contribution < 1.29 is 4.79 Å². The highest BCUT2D eigenvalue weighted by atomic mass is 79.9. The number of nitrogens with one attached hydrogen (secondary N) is 1. The summed E-state index contributed by atoms with van der Waals surface area (Å²) in [6.45, 7) is 2.82. The van der Waals surface area contributed by atoms with E-state index in [0.29, 0.717) is 23.9 Å². The number of amides is 1. The van der Waals surface area contributed by atoms with Crippen LogP contribution in [0.5, 0.6) is 0 Å². The van der Waals surface area contributed by atoms with Crippen LogP contribution in [0.15, 0.2) is 22.7 Å². The SMILES string of the molecule is CCC(CCN)CCC(=O)Nc1ccc(Cl)cc1Br. The molecule has 1 unspecified atom stereocenters. The Balaban J connectivity index is 2.46. The van der Waals surface area contributed by atoms with Crippen LogP contribution >= 0.6 is 27.5 Å². The van der Waals surface area contributed by atoms with Gasteiger partial charge in [0.25, 0.3) is 0 Å². The average Bonchev–Trinajstić information content (AvgIpc) is 2.38. The van der Waals surface area contributed by atoms with Crippen LogP contribution in [0.25, 0.3) is 0 Å². The van der Waals surface area contributed by atoms with Crippen molar-refractivity contribution in [2.45, 2.75) is 32.6 Å². The van der Waals surface area contributed by atoms with Gasteiger partial charge in [-0.15, -0.1) is 0 Å². The maximum Gasteiger partial charge on any atom is 0.224 e. The quantitative estimate of drug-likeness (QED) is 0.777. The number of hydrogen-bond donors (Lipinski definition) is 2. The minimum absolute atomic E-state index is 0.0264. The summed E-state index contributed by atoms with van der Waals surface area (Å²) >= 11 is 9.23. The maximum absolute atomic E-state index is 11.9. The van der Waals surface area contributed by atoms with Gasteiger partial charge in [-0.05, 0) is 59.4 Å². The Labute approximate surface area is 128 Å². The smallest absolute Gasteiger partial charge is 0.224 e. The normalized spacial score (nSPS) is 12.2. The number of halogens is 2. The molecule has 0 aliphatic carbocycles. The number of carbonyl (C=O) groups excluding carboxylic acids is 1. The van der Waals surface area contributed by atoms with Gasteiger partial charge in [-0.2, -0.15) is 0 Å². The van der Waals surface area contributed by atoms with Gasteiger partial charge in [-0.3, -0.25) is 4.79 Å². The lowest BCUT2D eigenvalue weighted by atomic mass is 9.96. The molecule has 0 saturated heterocycles. The van der Waals surface area contributed by atoms with Crippen LogP contribution in [0.1, 0.15) is 32.6 Å². The standard InChI is InChI=1S/C14H20BrClN2O/c1-2-10(7-8-17)3-6-14(19)18-13-5-4-11(16)9-12(13)15/h4-5,9-10H,2-3,6-8,17H2,1H3,(H,18,19). The van der Waals surface area contributed by atoms with Crippen LogP contribution in [0.2, 0.25) is 5.02 Å². The lowest BCUT2D eigenvalue weighted by molar-refractivity contribution is -0.116. The predicted molar refractivity (Wildman–Crippen MR) is 84.5 cm³/mol. The summed E-state index contributed by atoms with van der Waals surface area (Å²) < 4.78 is 0.794. The molecule has 3 N–H and O–H groups in total. The van der Waals surface area contributed by atoms with E-state index in [2.05, 4.69) is 28.2 Å². The Morgan fingerprint density at radius 1 is 1.47 bits per heavy atom. The molecule has 0 heterocycles. The molecule has 1 atom stereocenters. The second-order valence-corrected chi connectivity index (χ2v) is 5.85. The van der Waals surface area contributed by atoms with Gasteiger partial charge < -0.3 is 11.1 Å². The van der Waals surface area contributed by atoms with Crippen LogP contribution in [0.3, 0.4) is 0 Å². The van der Waals surface area contributed by atoms with E-state index in [1.165, 1.54) is 0 Å². The van der Waals surface area contributed by atoms with Crippen LogP contribution in [-0.2, 0) is 4.79 Å². The Bertz CT molecular complexity index is 426. The number of anilines is 1. The molecule has 1 amide bonds. The zero-order chi connectivity index (χ0) is 14.3. The molecule has 19 heavy (non-hydrogen) atoms. The summed E-state index contributed by atoms with van der Waals surface area (Å²) in [6, 6.07) is 5.31. The fourth-order valence-electron chi connectivity index (χ4n) is 1.93. The summed E-state index contributed by atoms with van der Waals surface area (Å²) in [5.41, 5.74) is 6.30. The number of nitrogens with two attached hydrogens (primary N) is 1. The molecule has 0 aliphatic heterocycles. The molecule has 5 heteroatoms. The average molecular weight is 348 g/mol. The van der Waals surface area contributed by atoms with Gasteiger partial charge in [0, 0.05) is 15.9 Å². The van der Waals surface area contributed by atoms with Crippen molar-refractivity contribution in [3.8, 4) is 0 Å². The van der Waals surface area contributed by atoms with Crippen molar-refractivity contribution in [3.63, 3.8) is 0 Å². The minimum Gasteiger partial charge on any atom is -0.330 e. The van der Waals surface area contributed by atoms with Crippen molar-refractivity contribution in [1.29, 1.82) is 0 Å². The molecule has 106 valence electrons. The molecule has 1 aromatic carbocycles. The van der Waals surface area contributed by atoms with E-state index >= 15 is 0 Å². The molecule has 0 aliphatic rings. The molecule has 1 rings (SSSR count). The molecule has 0 spiro atoms. The lowest BCUT2D eigenvalue weighted by Gasteiger charge is -2.13. The fourth-order valence-corrected chi connectivity index (χ4v) is 2.71. The van der Waals surface area contributed by atoms with E-state index in [9.17, 15) is 4.79 Å². The Morgan fingerprint density at radius 3 is 2.79 bits per heavy atom. The molecule has 0 saturated carbocycles. The predicted octanol–water partition coefficient (Wildman–Crippen LogP) is 4.20. The minimum atomic E-state index is 0.0264. The van der Waals surface area contributed by atoms with E-state index in [0.717, 1.165) is 29.4 Å². The third-order valence-corrected chi connectivity index (χ3v) is 4.03. The highest BCUT2D eigenvalue weighted by Crippen LogP contribution is 2.26. The third kappa shape index (κ3) is 5.93. The summed E-state index contributed by atoms with van der Waals surface area (Å²) in [7, 11) is 0. The summed E-state index contributed by atoms with van der Waals surface area (Å²) in [5, 5.41) is 3.52. The molecule has 0 bridgehead atoms. The Hall–Kier alpha value is -0.580. The molecule has 1 aromatic rings. The zero-order valence-corrected chi connectivity index (χ0v) is 13.4. The second kappa shape index (κ2) is 8.56. The summed E-state index contributed by atoms with van der Waals surface area (Å²) in [6.07, 6.45) is 3.45. The van der Waals surface area contributed by atoms with E-state index in [1.54, 1.807) is 18.2 Å². The van der Waals surface area contributed by atoms with Crippen LogP contribution in [0.4, 0.5) is 5.69 Å². The first-order valence-corrected chi connectivity index (χ1v) is 7.68. The molecule has 0 fully saturated rings. The Morgan fingerprint density at radius 2 is 2.21 bits per heavy atom.